The molecular formula is C14H12ClNO2S. The normalized spacial score (nSPS) is 11.9. The Labute approximate surface area is 117 Å². The zero-order valence-electron chi connectivity index (χ0n) is 10.2. The van der Waals surface area contributed by atoms with E-state index in [0.717, 1.165) is 0 Å². The van der Waals surface area contributed by atoms with E-state index in [0.29, 0.717) is 16.1 Å². The molecule has 0 bridgehead atoms. The first kappa shape index (κ1) is 13.8. The zero-order valence-corrected chi connectivity index (χ0v) is 11.8. The van der Waals surface area contributed by atoms with E-state index in [1.165, 1.54) is 6.21 Å². The highest BCUT2D eigenvalue weighted by Gasteiger charge is 2.13. The van der Waals surface area contributed by atoms with Gasteiger partial charge in [-0.05, 0) is 36.2 Å². The molecule has 19 heavy (non-hydrogen) atoms. The Morgan fingerprint density at radius 2 is 1.68 bits per heavy atom. The molecule has 0 aromatic heterocycles. The minimum atomic E-state index is -3.66. The van der Waals surface area contributed by atoms with Crippen molar-refractivity contribution >= 4 is 27.8 Å². The van der Waals surface area contributed by atoms with Crippen LogP contribution in [0, 0.1) is 6.92 Å². The topological polar surface area (TPSA) is 46.5 Å². The van der Waals surface area contributed by atoms with Crippen LogP contribution < -0.4 is 0 Å². The largest absolute Gasteiger partial charge is 0.282 e. The Morgan fingerprint density at radius 1 is 1.05 bits per heavy atom. The lowest BCUT2D eigenvalue weighted by atomic mass is 10.2. The summed E-state index contributed by atoms with van der Waals surface area (Å²) in [6.45, 7) is 1.74. The van der Waals surface area contributed by atoms with Gasteiger partial charge >= 0.3 is 0 Å². The van der Waals surface area contributed by atoms with E-state index in [1.807, 2.05) is 0 Å². The van der Waals surface area contributed by atoms with E-state index in [-0.39, 0.29) is 4.90 Å². The predicted molar refractivity (Wildman–Crippen MR) is 77.4 cm³/mol. The minimum absolute atomic E-state index is 0.222. The van der Waals surface area contributed by atoms with E-state index in [9.17, 15) is 8.42 Å². The summed E-state index contributed by atoms with van der Waals surface area (Å²) < 4.78 is 27.8. The highest BCUT2D eigenvalue weighted by atomic mass is 35.5. The van der Waals surface area contributed by atoms with Gasteiger partial charge in [-0.2, -0.15) is 12.8 Å². The third-order valence-electron chi connectivity index (χ3n) is 2.58. The van der Waals surface area contributed by atoms with Gasteiger partial charge in [0, 0.05) is 11.2 Å². The van der Waals surface area contributed by atoms with E-state index >= 15 is 0 Å². The molecular weight excluding hydrogens is 282 g/mol. The fourth-order valence-corrected chi connectivity index (χ4v) is 2.81. The Bertz CT molecular complexity index is 706. The molecule has 0 aliphatic carbocycles. The van der Waals surface area contributed by atoms with Crippen LogP contribution in [-0.2, 0) is 10.0 Å². The van der Waals surface area contributed by atoms with Crippen molar-refractivity contribution in [3.63, 3.8) is 0 Å². The lowest BCUT2D eigenvalue weighted by molar-refractivity contribution is 0.597. The molecule has 2 rings (SSSR count). The lowest BCUT2D eigenvalue weighted by Gasteiger charge is -2.02. The van der Waals surface area contributed by atoms with Gasteiger partial charge in [0.05, 0.1) is 4.90 Å². The van der Waals surface area contributed by atoms with Gasteiger partial charge in [0.2, 0.25) is 0 Å². The van der Waals surface area contributed by atoms with Crippen molar-refractivity contribution in [2.45, 2.75) is 11.8 Å². The molecule has 0 heterocycles. The van der Waals surface area contributed by atoms with Crippen LogP contribution in [-0.4, -0.2) is 14.6 Å². The summed E-state index contributed by atoms with van der Waals surface area (Å²) in [5, 5.41) is 0.596. The third kappa shape index (κ3) is 3.43. The Morgan fingerprint density at radius 3 is 2.32 bits per heavy atom. The standard InChI is InChI=1S/C14H12ClNO2S/c1-11-4-2-3-5-14(11)19(17,18)16-10-12-6-8-13(15)9-7-12/h2-10H,1H3/b16-10+. The SMILES string of the molecule is Cc1ccccc1S(=O)(=O)/N=C/c1ccc(Cl)cc1. The second-order valence-electron chi connectivity index (χ2n) is 4.03. The van der Waals surface area contributed by atoms with Gasteiger partial charge in [-0.1, -0.05) is 41.9 Å². The first-order chi connectivity index (χ1) is 8.99. The maximum Gasteiger partial charge on any atom is 0.282 e. The van der Waals surface area contributed by atoms with Crippen molar-refractivity contribution in [2.24, 2.45) is 4.40 Å². The van der Waals surface area contributed by atoms with Crippen LogP contribution in [0.25, 0.3) is 0 Å². The minimum Gasteiger partial charge on any atom is -0.199 e. The number of rotatable bonds is 3. The smallest absolute Gasteiger partial charge is 0.199 e. The Balaban J connectivity index is 2.32. The number of hydrogen-bond donors (Lipinski definition) is 0. The molecule has 0 amide bonds. The molecule has 2 aromatic rings. The predicted octanol–water partition coefficient (Wildman–Crippen LogP) is 3.46. The van der Waals surface area contributed by atoms with Crippen LogP contribution in [0.4, 0.5) is 0 Å². The molecule has 0 saturated carbocycles. The molecule has 3 nitrogen and oxygen atoms in total. The van der Waals surface area contributed by atoms with Crippen LogP contribution in [0.15, 0.2) is 57.8 Å². The van der Waals surface area contributed by atoms with Crippen LogP contribution >= 0.6 is 11.6 Å². The summed E-state index contributed by atoms with van der Waals surface area (Å²) in [6, 6.07) is 13.5. The lowest BCUT2D eigenvalue weighted by Crippen LogP contribution is -2.00. The van der Waals surface area contributed by atoms with E-state index in [1.54, 1.807) is 55.5 Å². The molecule has 0 aliphatic rings. The quantitative estimate of drug-likeness (QED) is 0.814. The van der Waals surface area contributed by atoms with Gasteiger partial charge in [-0.25, -0.2) is 0 Å². The van der Waals surface area contributed by atoms with Crippen molar-refractivity contribution in [2.75, 3.05) is 0 Å². The van der Waals surface area contributed by atoms with Crippen molar-refractivity contribution in [1.29, 1.82) is 0 Å². The van der Waals surface area contributed by atoms with E-state index in [2.05, 4.69) is 4.40 Å². The molecule has 0 aliphatic heterocycles. The van der Waals surface area contributed by atoms with Gasteiger partial charge in [0.15, 0.2) is 0 Å². The van der Waals surface area contributed by atoms with Crippen LogP contribution in [0.3, 0.4) is 0 Å². The van der Waals surface area contributed by atoms with Crippen molar-refractivity contribution in [3.05, 3.63) is 64.7 Å². The Hall–Kier alpha value is -1.65. The summed E-state index contributed by atoms with van der Waals surface area (Å²) in [5.41, 5.74) is 1.36. The Kier molecular flexibility index (Phi) is 4.02. The van der Waals surface area contributed by atoms with E-state index in [4.69, 9.17) is 11.6 Å². The second kappa shape index (κ2) is 5.55. The van der Waals surface area contributed by atoms with Gasteiger partial charge in [0.25, 0.3) is 10.0 Å². The maximum atomic E-state index is 12.1. The summed E-state index contributed by atoms with van der Waals surface area (Å²) in [6.07, 6.45) is 1.32. The monoisotopic (exact) mass is 293 g/mol. The second-order valence-corrected chi connectivity index (χ2v) is 6.06. The molecule has 0 atom stereocenters. The van der Waals surface area contributed by atoms with Crippen molar-refractivity contribution in [3.8, 4) is 0 Å². The van der Waals surface area contributed by atoms with Gasteiger partial charge in [-0.15, -0.1) is 0 Å². The first-order valence-corrected chi connectivity index (χ1v) is 7.42. The molecule has 0 spiro atoms. The number of hydrogen-bond acceptors (Lipinski definition) is 2. The summed E-state index contributed by atoms with van der Waals surface area (Å²) >= 11 is 5.76. The van der Waals surface area contributed by atoms with Crippen LogP contribution in [0.1, 0.15) is 11.1 Å². The zero-order chi connectivity index (χ0) is 13.9. The molecule has 5 heteroatoms. The number of benzene rings is 2. The third-order valence-corrected chi connectivity index (χ3v) is 4.23. The molecule has 0 radical (unpaired) electrons. The van der Waals surface area contributed by atoms with Gasteiger partial charge < -0.3 is 0 Å². The molecule has 2 aromatic carbocycles. The van der Waals surface area contributed by atoms with Crippen LogP contribution in [0.2, 0.25) is 5.02 Å². The van der Waals surface area contributed by atoms with Crippen molar-refractivity contribution < 1.29 is 8.42 Å². The highest BCUT2D eigenvalue weighted by molar-refractivity contribution is 7.90. The summed E-state index contributed by atoms with van der Waals surface area (Å²) in [4.78, 5) is 0.222. The fourth-order valence-electron chi connectivity index (χ4n) is 1.58. The number of aryl methyl sites for hydroxylation is 1. The fraction of sp³-hybridized carbons (Fsp3) is 0.0714. The molecule has 0 fully saturated rings. The molecule has 0 saturated heterocycles. The average molecular weight is 294 g/mol. The van der Waals surface area contributed by atoms with Crippen LogP contribution in [0.5, 0.6) is 0 Å². The number of sulfonamides is 1. The summed E-state index contributed by atoms with van der Waals surface area (Å²) in [7, 11) is -3.66. The summed E-state index contributed by atoms with van der Waals surface area (Å²) in [5.74, 6) is 0. The van der Waals surface area contributed by atoms with E-state index < -0.39 is 10.0 Å². The number of nitrogens with zero attached hydrogens (tertiary/aromatic N) is 1. The maximum absolute atomic E-state index is 12.1. The number of halogens is 1. The first-order valence-electron chi connectivity index (χ1n) is 5.60. The highest BCUT2D eigenvalue weighted by Crippen LogP contribution is 2.17. The average Bonchev–Trinajstić information content (AvgIpc) is 2.38. The van der Waals surface area contributed by atoms with Gasteiger partial charge in [0.1, 0.15) is 0 Å². The molecule has 0 unspecified atom stereocenters. The van der Waals surface area contributed by atoms with Gasteiger partial charge in [-0.3, -0.25) is 0 Å². The molecule has 0 N–H and O–H groups in total. The molecule has 98 valence electrons. The van der Waals surface area contributed by atoms with Crippen molar-refractivity contribution in [1.82, 2.24) is 0 Å².